The number of rotatable bonds is 3. The lowest BCUT2D eigenvalue weighted by Crippen LogP contribution is -2.16. The molecule has 0 unspecified atom stereocenters. The average Bonchev–Trinajstić information content (AvgIpc) is 2.90. The molecule has 3 rings (SSSR count). The van der Waals surface area contributed by atoms with E-state index in [9.17, 15) is 4.79 Å². The first kappa shape index (κ1) is 12.9. The molecular formula is C17H18N2O. The fourth-order valence-electron chi connectivity index (χ4n) is 2.76. The summed E-state index contributed by atoms with van der Waals surface area (Å²) in [5.74, 6) is 1.09. The fraction of sp³-hybridized carbons (Fsp3) is 0.294. The van der Waals surface area contributed by atoms with Crippen LogP contribution < -0.4 is 4.90 Å². The lowest BCUT2D eigenvalue weighted by Gasteiger charge is -2.19. The largest absolute Gasteiger partial charge is 0.326 e. The first-order chi connectivity index (χ1) is 9.70. The van der Waals surface area contributed by atoms with Crippen molar-refractivity contribution in [2.24, 2.45) is 0 Å². The van der Waals surface area contributed by atoms with Crippen molar-refractivity contribution in [2.75, 3.05) is 11.4 Å². The third kappa shape index (κ3) is 2.09. The van der Waals surface area contributed by atoms with Gasteiger partial charge < -0.3 is 4.90 Å². The summed E-state index contributed by atoms with van der Waals surface area (Å²) < 4.78 is 0. The highest BCUT2D eigenvalue weighted by Gasteiger charge is 2.21. The fourth-order valence-corrected chi connectivity index (χ4v) is 2.76. The predicted octanol–water partition coefficient (Wildman–Crippen LogP) is 3.68. The molecule has 102 valence electrons. The van der Waals surface area contributed by atoms with E-state index in [0.29, 0.717) is 6.42 Å². The summed E-state index contributed by atoms with van der Waals surface area (Å²) in [6, 6.07) is 12.3. The van der Waals surface area contributed by atoms with Gasteiger partial charge in [0.15, 0.2) is 5.78 Å². The summed E-state index contributed by atoms with van der Waals surface area (Å²) in [5.41, 5.74) is 4.15. The van der Waals surface area contributed by atoms with Gasteiger partial charge in [-0.3, -0.25) is 4.79 Å². The van der Waals surface area contributed by atoms with Gasteiger partial charge in [-0.1, -0.05) is 25.1 Å². The van der Waals surface area contributed by atoms with Gasteiger partial charge in [0.05, 0.1) is 5.69 Å². The third-order valence-corrected chi connectivity index (χ3v) is 3.86. The number of fused-ring (bicyclic) bond motifs is 1. The molecule has 20 heavy (non-hydrogen) atoms. The minimum atomic E-state index is 0.156. The van der Waals surface area contributed by atoms with E-state index in [2.05, 4.69) is 34.1 Å². The smallest absolute Gasteiger partial charge is 0.164 e. The zero-order chi connectivity index (χ0) is 14.1. The van der Waals surface area contributed by atoms with Crippen LogP contribution in [0.25, 0.3) is 0 Å². The first-order valence-electron chi connectivity index (χ1n) is 7.07. The molecule has 1 aromatic heterocycles. The molecule has 0 fully saturated rings. The first-order valence-corrected chi connectivity index (χ1v) is 7.07. The van der Waals surface area contributed by atoms with Gasteiger partial charge in [0.2, 0.25) is 0 Å². The van der Waals surface area contributed by atoms with Crippen molar-refractivity contribution in [2.45, 2.75) is 26.7 Å². The monoisotopic (exact) mass is 266 g/mol. The van der Waals surface area contributed by atoms with Crippen molar-refractivity contribution < 1.29 is 4.79 Å². The van der Waals surface area contributed by atoms with E-state index in [1.54, 1.807) is 0 Å². The van der Waals surface area contributed by atoms with E-state index in [1.165, 1.54) is 11.3 Å². The summed E-state index contributed by atoms with van der Waals surface area (Å²) in [6.07, 6.45) is 1.57. The van der Waals surface area contributed by atoms with Gasteiger partial charge in [-0.2, -0.15) is 0 Å². The SMILES string of the molecule is CCC(=O)c1ccc(N2CCc3ccccc32)nc1C. The van der Waals surface area contributed by atoms with Crippen LogP contribution in [0.5, 0.6) is 0 Å². The number of nitrogens with zero attached hydrogens (tertiary/aromatic N) is 2. The lowest BCUT2D eigenvalue weighted by molar-refractivity contribution is 0.0987. The predicted molar refractivity (Wildman–Crippen MR) is 80.7 cm³/mol. The van der Waals surface area contributed by atoms with Gasteiger partial charge in [0.25, 0.3) is 0 Å². The van der Waals surface area contributed by atoms with Gasteiger partial charge in [-0.05, 0) is 37.1 Å². The number of aryl methyl sites for hydroxylation is 1. The molecule has 3 heteroatoms. The number of pyridine rings is 1. The average molecular weight is 266 g/mol. The van der Waals surface area contributed by atoms with Crippen LogP contribution in [0, 0.1) is 6.92 Å². The Morgan fingerprint density at radius 2 is 2.05 bits per heavy atom. The summed E-state index contributed by atoms with van der Waals surface area (Å²) >= 11 is 0. The molecule has 0 bridgehead atoms. The second-order valence-electron chi connectivity index (χ2n) is 5.11. The molecular weight excluding hydrogens is 248 g/mol. The molecule has 0 N–H and O–H groups in total. The van der Waals surface area contributed by atoms with Crippen molar-refractivity contribution in [1.82, 2.24) is 4.98 Å². The summed E-state index contributed by atoms with van der Waals surface area (Å²) in [4.78, 5) is 18.7. The Morgan fingerprint density at radius 1 is 1.25 bits per heavy atom. The topological polar surface area (TPSA) is 33.2 Å². The van der Waals surface area contributed by atoms with E-state index in [4.69, 9.17) is 0 Å². The van der Waals surface area contributed by atoms with E-state index in [1.807, 2.05) is 26.0 Å². The van der Waals surface area contributed by atoms with Crippen LogP contribution in [0.3, 0.4) is 0 Å². The number of benzene rings is 1. The number of Topliss-reactive ketones (excluding diaryl/α,β-unsaturated/α-hetero) is 1. The molecule has 0 radical (unpaired) electrons. The minimum absolute atomic E-state index is 0.156. The molecule has 1 aromatic carbocycles. The second-order valence-corrected chi connectivity index (χ2v) is 5.11. The van der Waals surface area contributed by atoms with Crippen molar-refractivity contribution in [3.05, 3.63) is 53.2 Å². The van der Waals surface area contributed by atoms with Crippen molar-refractivity contribution in [1.29, 1.82) is 0 Å². The highest BCUT2D eigenvalue weighted by Crippen LogP contribution is 2.33. The van der Waals surface area contributed by atoms with Gasteiger partial charge in [0.1, 0.15) is 5.82 Å². The molecule has 0 saturated carbocycles. The normalized spacial score (nSPS) is 13.4. The van der Waals surface area contributed by atoms with E-state index in [-0.39, 0.29) is 5.78 Å². The second kappa shape index (κ2) is 5.08. The molecule has 0 spiro atoms. The Labute approximate surface area is 119 Å². The quantitative estimate of drug-likeness (QED) is 0.795. The Morgan fingerprint density at radius 3 is 2.80 bits per heavy atom. The summed E-state index contributed by atoms with van der Waals surface area (Å²) in [6.45, 7) is 4.74. The number of carbonyl (C=O) groups excluding carboxylic acids is 1. The molecule has 2 aromatic rings. The molecule has 1 aliphatic heterocycles. The molecule has 0 saturated heterocycles. The van der Waals surface area contributed by atoms with Gasteiger partial charge in [0, 0.05) is 24.2 Å². The number of hydrogen-bond acceptors (Lipinski definition) is 3. The van der Waals surface area contributed by atoms with Gasteiger partial charge in [-0.25, -0.2) is 4.98 Å². The van der Waals surface area contributed by atoms with Gasteiger partial charge >= 0.3 is 0 Å². The molecule has 0 atom stereocenters. The number of ketones is 1. The van der Waals surface area contributed by atoms with Crippen LogP contribution in [-0.4, -0.2) is 17.3 Å². The molecule has 0 aliphatic carbocycles. The van der Waals surface area contributed by atoms with Crippen LogP contribution >= 0.6 is 0 Å². The van der Waals surface area contributed by atoms with Gasteiger partial charge in [-0.15, -0.1) is 0 Å². The van der Waals surface area contributed by atoms with Crippen LogP contribution in [0.2, 0.25) is 0 Å². The Hall–Kier alpha value is -2.16. The molecule has 2 heterocycles. The Kier molecular flexibility index (Phi) is 3.26. The summed E-state index contributed by atoms with van der Waals surface area (Å²) in [5, 5.41) is 0. The maximum Gasteiger partial charge on any atom is 0.164 e. The van der Waals surface area contributed by atoms with Crippen LogP contribution in [0.1, 0.15) is 35.0 Å². The van der Waals surface area contributed by atoms with Crippen LogP contribution in [-0.2, 0) is 6.42 Å². The standard InChI is InChI=1S/C17H18N2O/c1-3-16(20)14-8-9-17(18-12(14)2)19-11-10-13-6-4-5-7-15(13)19/h4-9H,3,10-11H2,1-2H3. The Balaban J connectivity index is 1.97. The number of carbonyl (C=O) groups is 1. The summed E-state index contributed by atoms with van der Waals surface area (Å²) in [7, 11) is 0. The molecule has 0 amide bonds. The molecule has 1 aliphatic rings. The number of aromatic nitrogens is 1. The number of para-hydroxylation sites is 1. The maximum absolute atomic E-state index is 11.8. The maximum atomic E-state index is 11.8. The highest BCUT2D eigenvalue weighted by molar-refractivity contribution is 5.97. The van der Waals surface area contributed by atoms with E-state index in [0.717, 1.165) is 30.0 Å². The Bertz CT molecular complexity index is 664. The van der Waals surface area contributed by atoms with E-state index < -0.39 is 0 Å². The zero-order valence-corrected chi connectivity index (χ0v) is 11.9. The number of anilines is 2. The van der Waals surface area contributed by atoms with Crippen LogP contribution in [0.15, 0.2) is 36.4 Å². The number of hydrogen-bond donors (Lipinski definition) is 0. The zero-order valence-electron chi connectivity index (χ0n) is 11.9. The van der Waals surface area contributed by atoms with E-state index >= 15 is 0 Å². The third-order valence-electron chi connectivity index (χ3n) is 3.86. The minimum Gasteiger partial charge on any atom is -0.326 e. The van der Waals surface area contributed by atoms with Crippen molar-refractivity contribution >= 4 is 17.3 Å². The highest BCUT2D eigenvalue weighted by atomic mass is 16.1. The van der Waals surface area contributed by atoms with Crippen molar-refractivity contribution in [3.8, 4) is 0 Å². The molecule has 3 nitrogen and oxygen atoms in total. The van der Waals surface area contributed by atoms with Crippen molar-refractivity contribution in [3.63, 3.8) is 0 Å². The lowest BCUT2D eigenvalue weighted by atomic mass is 10.1. The van der Waals surface area contributed by atoms with Crippen LogP contribution in [0.4, 0.5) is 11.5 Å².